The first kappa shape index (κ1) is 18.4. The number of unbranched alkanes of at least 4 members (excludes halogenated alkanes) is 1. The van der Waals surface area contributed by atoms with E-state index in [4.69, 9.17) is 0 Å². The van der Waals surface area contributed by atoms with Crippen LogP contribution in [0, 0.1) is 5.92 Å². The second kappa shape index (κ2) is 8.82. The van der Waals surface area contributed by atoms with Gasteiger partial charge in [0.25, 0.3) is 5.56 Å². The van der Waals surface area contributed by atoms with E-state index >= 15 is 0 Å². The molecule has 0 aliphatic heterocycles. The molecule has 0 radical (unpaired) electrons. The van der Waals surface area contributed by atoms with Crippen molar-refractivity contribution in [1.82, 2.24) is 14.9 Å². The number of H-pyrrole nitrogens is 1. The van der Waals surface area contributed by atoms with Crippen molar-refractivity contribution in [1.29, 1.82) is 0 Å². The molecule has 24 heavy (non-hydrogen) atoms. The molecule has 0 bridgehead atoms. The van der Waals surface area contributed by atoms with Crippen molar-refractivity contribution in [2.45, 2.75) is 52.5 Å². The van der Waals surface area contributed by atoms with E-state index in [1.165, 1.54) is 17.8 Å². The van der Waals surface area contributed by atoms with Gasteiger partial charge in [0.15, 0.2) is 0 Å². The third kappa shape index (κ3) is 4.56. The quantitative estimate of drug-likeness (QED) is 0.728. The van der Waals surface area contributed by atoms with Gasteiger partial charge in [-0.2, -0.15) is 0 Å². The minimum atomic E-state index is -0.465. The molecule has 1 amide bonds. The van der Waals surface area contributed by atoms with Gasteiger partial charge in [0.05, 0.1) is 5.52 Å². The molecule has 2 rings (SSSR count). The minimum absolute atomic E-state index is 0.0968. The summed E-state index contributed by atoms with van der Waals surface area (Å²) in [6, 6.07) is 1.71. The lowest BCUT2D eigenvalue weighted by Crippen LogP contribution is -2.37. The number of carbonyl (C=O) groups is 1. The summed E-state index contributed by atoms with van der Waals surface area (Å²) >= 11 is 1.29. The zero-order valence-electron chi connectivity index (χ0n) is 14.3. The van der Waals surface area contributed by atoms with E-state index in [-0.39, 0.29) is 24.4 Å². The first-order chi connectivity index (χ1) is 11.6. The van der Waals surface area contributed by atoms with Crippen molar-refractivity contribution in [3.8, 4) is 0 Å². The van der Waals surface area contributed by atoms with E-state index in [0.29, 0.717) is 22.7 Å². The van der Waals surface area contributed by atoms with Crippen molar-refractivity contribution in [3.63, 3.8) is 0 Å². The number of rotatable bonds is 9. The summed E-state index contributed by atoms with van der Waals surface area (Å²) in [6.45, 7) is 5.04. The second-order valence-corrected chi connectivity index (χ2v) is 6.94. The standard InChI is InChI=1S/C17H25N3O3S/c1-3-5-6-12(4-2)11-18-14(21)7-9-20-16(22)15-13(8-10-24-15)19-17(20)23/h8,10,12H,3-7,9,11H2,1-2H3,(H,18,21)(H,19,23)/t12-/m1/s1. The van der Waals surface area contributed by atoms with Crippen LogP contribution in [0.15, 0.2) is 21.0 Å². The summed E-state index contributed by atoms with van der Waals surface area (Å²) in [5, 5.41) is 4.68. The molecular formula is C17H25N3O3S. The molecule has 0 saturated carbocycles. The average Bonchev–Trinajstić information content (AvgIpc) is 3.03. The van der Waals surface area contributed by atoms with Gasteiger partial charge in [-0.25, -0.2) is 4.79 Å². The summed E-state index contributed by atoms with van der Waals surface area (Å²) in [7, 11) is 0. The Balaban J connectivity index is 1.92. The van der Waals surface area contributed by atoms with Gasteiger partial charge in [-0.15, -0.1) is 11.3 Å². The molecule has 2 heterocycles. The smallest absolute Gasteiger partial charge is 0.328 e. The fraction of sp³-hybridized carbons (Fsp3) is 0.588. The Hall–Kier alpha value is -1.89. The van der Waals surface area contributed by atoms with Crippen molar-refractivity contribution in [2.24, 2.45) is 5.92 Å². The molecule has 1 atom stereocenters. The Morgan fingerprint density at radius 1 is 1.38 bits per heavy atom. The van der Waals surface area contributed by atoms with Gasteiger partial charge in [-0.05, 0) is 23.8 Å². The van der Waals surface area contributed by atoms with Crippen LogP contribution in [-0.4, -0.2) is 22.0 Å². The molecule has 2 aromatic rings. The molecule has 6 nitrogen and oxygen atoms in total. The predicted octanol–water partition coefficient (Wildman–Crippen LogP) is 2.47. The van der Waals surface area contributed by atoms with Crippen LogP contribution < -0.4 is 16.6 Å². The van der Waals surface area contributed by atoms with Gasteiger partial charge in [-0.1, -0.05) is 33.1 Å². The van der Waals surface area contributed by atoms with E-state index in [2.05, 4.69) is 24.1 Å². The summed E-state index contributed by atoms with van der Waals surface area (Å²) in [5.74, 6) is 0.366. The largest absolute Gasteiger partial charge is 0.356 e. The molecule has 0 unspecified atom stereocenters. The molecule has 0 spiro atoms. The Labute approximate surface area is 144 Å². The van der Waals surface area contributed by atoms with Gasteiger partial charge >= 0.3 is 5.69 Å². The maximum atomic E-state index is 12.3. The molecule has 0 aliphatic carbocycles. The lowest BCUT2D eigenvalue weighted by Gasteiger charge is -2.15. The third-order valence-corrected chi connectivity index (χ3v) is 5.19. The van der Waals surface area contributed by atoms with Crippen LogP contribution >= 0.6 is 11.3 Å². The maximum absolute atomic E-state index is 12.3. The van der Waals surface area contributed by atoms with Crippen LogP contribution in [0.4, 0.5) is 0 Å². The van der Waals surface area contributed by atoms with Crippen LogP contribution in [0.2, 0.25) is 0 Å². The van der Waals surface area contributed by atoms with Gasteiger partial charge in [0.1, 0.15) is 4.70 Å². The number of amides is 1. The van der Waals surface area contributed by atoms with Gasteiger partial charge < -0.3 is 10.3 Å². The summed E-state index contributed by atoms with van der Waals surface area (Å²) in [5.41, 5.74) is -0.239. The highest BCUT2D eigenvalue weighted by Crippen LogP contribution is 2.12. The first-order valence-corrected chi connectivity index (χ1v) is 9.41. The fourth-order valence-corrected chi connectivity index (χ4v) is 3.47. The fourth-order valence-electron chi connectivity index (χ4n) is 2.68. The Kier molecular flexibility index (Phi) is 6.78. The topological polar surface area (TPSA) is 84.0 Å². The van der Waals surface area contributed by atoms with Crippen LogP contribution in [0.5, 0.6) is 0 Å². The van der Waals surface area contributed by atoms with E-state index in [0.717, 1.165) is 23.8 Å². The second-order valence-electron chi connectivity index (χ2n) is 6.02. The van der Waals surface area contributed by atoms with Crippen molar-refractivity contribution in [2.75, 3.05) is 6.54 Å². The third-order valence-electron chi connectivity index (χ3n) is 4.29. The Bertz CT molecular complexity index is 790. The van der Waals surface area contributed by atoms with Gasteiger partial charge in [-0.3, -0.25) is 14.2 Å². The molecule has 7 heteroatoms. The minimum Gasteiger partial charge on any atom is -0.356 e. The maximum Gasteiger partial charge on any atom is 0.328 e. The number of nitrogens with one attached hydrogen (secondary N) is 2. The summed E-state index contributed by atoms with van der Waals surface area (Å²) in [4.78, 5) is 38.9. The number of carbonyl (C=O) groups excluding carboxylic acids is 1. The highest BCUT2D eigenvalue weighted by atomic mass is 32.1. The molecule has 0 fully saturated rings. The van der Waals surface area contributed by atoms with Gasteiger partial charge in [0.2, 0.25) is 5.91 Å². The van der Waals surface area contributed by atoms with Crippen LogP contribution in [-0.2, 0) is 11.3 Å². The van der Waals surface area contributed by atoms with Crippen molar-refractivity contribution in [3.05, 3.63) is 32.3 Å². The Morgan fingerprint density at radius 2 is 2.17 bits per heavy atom. The molecule has 132 valence electrons. The summed E-state index contributed by atoms with van der Waals surface area (Å²) < 4.78 is 1.62. The van der Waals surface area contributed by atoms with E-state index in [9.17, 15) is 14.4 Å². The zero-order chi connectivity index (χ0) is 17.5. The number of hydrogen-bond acceptors (Lipinski definition) is 4. The highest BCUT2D eigenvalue weighted by molar-refractivity contribution is 7.17. The van der Waals surface area contributed by atoms with E-state index in [1.807, 2.05) is 0 Å². The molecule has 0 saturated heterocycles. The monoisotopic (exact) mass is 351 g/mol. The molecule has 2 aromatic heterocycles. The van der Waals surface area contributed by atoms with Crippen molar-refractivity contribution < 1.29 is 4.79 Å². The molecular weight excluding hydrogens is 326 g/mol. The first-order valence-electron chi connectivity index (χ1n) is 8.53. The number of aromatic nitrogens is 2. The van der Waals surface area contributed by atoms with E-state index in [1.54, 1.807) is 11.4 Å². The number of nitrogens with zero attached hydrogens (tertiary/aromatic N) is 1. The van der Waals surface area contributed by atoms with Crippen LogP contribution in [0.3, 0.4) is 0 Å². The highest BCUT2D eigenvalue weighted by Gasteiger charge is 2.12. The lowest BCUT2D eigenvalue weighted by molar-refractivity contribution is -0.121. The normalized spacial score (nSPS) is 12.4. The van der Waals surface area contributed by atoms with Gasteiger partial charge in [0, 0.05) is 19.5 Å². The molecule has 2 N–H and O–H groups in total. The summed E-state index contributed by atoms with van der Waals surface area (Å²) in [6.07, 6.45) is 4.60. The molecule has 0 aliphatic rings. The van der Waals surface area contributed by atoms with Crippen LogP contribution in [0.25, 0.3) is 10.2 Å². The lowest BCUT2D eigenvalue weighted by atomic mass is 9.99. The number of fused-ring (bicyclic) bond motifs is 1. The number of thiophene rings is 1. The predicted molar refractivity (Wildman–Crippen MR) is 97.6 cm³/mol. The Morgan fingerprint density at radius 3 is 2.88 bits per heavy atom. The zero-order valence-corrected chi connectivity index (χ0v) is 15.1. The average molecular weight is 351 g/mol. The van der Waals surface area contributed by atoms with Crippen molar-refractivity contribution >= 4 is 27.5 Å². The SMILES string of the molecule is CCCC[C@@H](CC)CNC(=O)CCn1c(=O)[nH]c2ccsc2c1=O. The molecule has 0 aromatic carbocycles. The van der Waals surface area contributed by atoms with Crippen LogP contribution in [0.1, 0.15) is 46.0 Å². The van der Waals surface area contributed by atoms with E-state index < -0.39 is 5.69 Å². The number of aromatic amines is 1. The number of hydrogen-bond donors (Lipinski definition) is 2.